The first-order valence-corrected chi connectivity index (χ1v) is 12.4. The van der Waals surface area contributed by atoms with Crippen molar-refractivity contribution in [1.29, 1.82) is 0 Å². The molecule has 3 aliphatic rings. The molecule has 0 aromatic carbocycles. The zero-order valence-electron chi connectivity index (χ0n) is 19.4. The normalized spacial score (nSPS) is 22.4. The van der Waals surface area contributed by atoms with Gasteiger partial charge in [0.1, 0.15) is 0 Å². The number of nitrogens with one attached hydrogen (secondary N) is 1. The number of rotatable bonds is 7. The maximum Gasteiger partial charge on any atom is 0.257 e. The summed E-state index contributed by atoms with van der Waals surface area (Å²) in [6.45, 7) is 2.88. The Labute approximate surface area is 190 Å². The smallest absolute Gasteiger partial charge is 0.257 e. The molecule has 0 bridgehead atoms. The van der Waals surface area contributed by atoms with Crippen molar-refractivity contribution in [2.24, 2.45) is 0 Å². The standard InChI is InChI=1S/C24H37N5O3/c1-27(19-9-3-2-4-10-19)24(32)20-16-25-26-23(20)18-8-5-15-29(17-18)22(31)12-7-14-28-13-6-11-21(28)30/h16,18-19H,2-15,17H2,1H3,(H,25,26)/t18-/m0/s1. The molecule has 0 unspecified atom stereocenters. The van der Waals surface area contributed by atoms with E-state index in [1.165, 1.54) is 19.3 Å². The van der Waals surface area contributed by atoms with Crippen molar-refractivity contribution in [2.75, 3.05) is 33.2 Å². The van der Waals surface area contributed by atoms with Gasteiger partial charge in [-0.25, -0.2) is 0 Å². The number of piperidine rings is 1. The van der Waals surface area contributed by atoms with Crippen molar-refractivity contribution in [1.82, 2.24) is 24.9 Å². The van der Waals surface area contributed by atoms with Gasteiger partial charge in [0.15, 0.2) is 0 Å². The van der Waals surface area contributed by atoms with Crippen LogP contribution in [0, 0.1) is 0 Å². The summed E-state index contributed by atoms with van der Waals surface area (Å²) in [4.78, 5) is 43.5. The van der Waals surface area contributed by atoms with Crippen LogP contribution in [-0.4, -0.2) is 81.9 Å². The number of hydrogen-bond donors (Lipinski definition) is 1. The van der Waals surface area contributed by atoms with Gasteiger partial charge in [-0.05, 0) is 38.5 Å². The van der Waals surface area contributed by atoms with Crippen molar-refractivity contribution in [3.63, 3.8) is 0 Å². The van der Waals surface area contributed by atoms with Crippen molar-refractivity contribution in [2.45, 2.75) is 82.6 Å². The monoisotopic (exact) mass is 443 g/mol. The van der Waals surface area contributed by atoms with Crippen LogP contribution in [0.4, 0.5) is 0 Å². The summed E-state index contributed by atoms with van der Waals surface area (Å²) in [6.07, 6.45) is 12.1. The van der Waals surface area contributed by atoms with Crippen LogP contribution >= 0.6 is 0 Å². The lowest BCUT2D eigenvalue weighted by Crippen LogP contribution is -2.41. The number of aromatic amines is 1. The minimum atomic E-state index is 0.0411. The molecule has 176 valence electrons. The third kappa shape index (κ3) is 5.15. The van der Waals surface area contributed by atoms with Crippen molar-refractivity contribution >= 4 is 17.7 Å². The van der Waals surface area contributed by atoms with Crippen molar-refractivity contribution in [3.8, 4) is 0 Å². The number of H-pyrrole nitrogens is 1. The predicted octanol–water partition coefficient (Wildman–Crippen LogP) is 2.92. The minimum absolute atomic E-state index is 0.0411. The average molecular weight is 444 g/mol. The van der Waals surface area contributed by atoms with E-state index in [0.717, 1.165) is 50.9 Å². The van der Waals surface area contributed by atoms with E-state index in [0.29, 0.717) is 44.0 Å². The Morgan fingerprint density at radius 3 is 2.69 bits per heavy atom. The van der Waals surface area contributed by atoms with Gasteiger partial charge < -0.3 is 14.7 Å². The molecule has 8 nitrogen and oxygen atoms in total. The number of aromatic nitrogens is 2. The maximum absolute atomic E-state index is 13.2. The molecule has 2 aliphatic heterocycles. The first kappa shape index (κ1) is 22.8. The fourth-order valence-electron chi connectivity index (χ4n) is 5.56. The highest BCUT2D eigenvalue weighted by Crippen LogP contribution is 2.30. The third-order valence-corrected chi connectivity index (χ3v) is 7.51. The third-order valence-electron chi connectivity index (χ3n) is 7.51. The highest BCUT2D eigenvalue weighted by Gasteiger charge is 2.31. The summed E-state index contributed by atoms with van der Waals surface area (Å²) in [5.41, 5.74) is 1.53. The summed E-state index contributed by atoms with van der Waals surface area (Å²) in [5.74, 6) is 0.506. The van der Waals surface area contributed by atoms with Crippen LogP contribution in [0.5, 0.6) is 0 Å². The minimum Gasteiger partial charge on any atom is -0.343 e. The van der Waals surface area contributed by atoms with E-state index in [1.807, 2.05) is 21.7 Å². The molecule has 0 spiro atoms. The molecule has 3 amide bonds. The second-order valence-corrected chi connectivity index (χ2v) is 9.67. The summed E-state index contributed by atoms with van der Waals surface area (Å²) in [7, 11) is 1.91. The summed E-state index contributed by atoms with van der Waals surface area (Å²) in [5, 5.41) is 7.28. The molecule has 32 heavy (non-hydrogen) atoms. The fraction of sp³-hybridized carbons (Fsp3) is 0.750. The van der Waals surface area contributed by atoms with Gasteiger partial charge in [-0.2, -0.15) is 5.10 Å². The Morgan fingerprint density at radius 2 is 1.94 bits per heavy atom. The summed E-state index contributed by atoms with van der Waals surface area (Å²) < 4.78 is 0. The molecule has 4 rings (SSSR count). The number of amides is 3. The van der Waals surface area contributed by atoms with Crippen LogP contribution in [0.2, 0.25) is 0 Å². The van der Waals surface area contributed by atoms with Crippen LogP contribution < -0.4 is 0 Å². The second-order valence-electron chi connectivity index (χ2n) is 9.67. The Balaban J connectivity index is 1.33. The number of carbonyl (C=O) groups excluding carboxylic acids is 3. The van der Waals surface area contributed by atoms with Crippen LogP contribution in [0.3, 0.4) is 0 Å². The molecule has 1 saturated carbocycles. The molecule has 3 fully saturated rings. The molecule has 1 aromatic heterocycles. The van der Waals surface area contributed by atoms with Gasteiger partial charge in [0.25, 0.3) is 5.91 Å². The maximum atomic E-state index is 13.2. The Morgan fingerprint density at radius 1 is 1.12 bits per heavy atom. The molecular formula is C24H37N5O3. The molecule has 8 heteroatoms. The lowest BCUT2D eigenvalue weighted by atomic mass is 9.91. The quantitative estimate of drug-likeness (QED) is 0.702. The zero-order chi connectivity index (χ0) is 22.5. The van der Waals surface area contributed by atoms with Gasteiger partial charge in [0, 0.05) is 58.0 Å². The first-order valence-electron chi connectivity index (χ1n) is 12.4. The lowest BCUT2D eigenvalue weighted by Gasteiger charge is -2.34. The molecule has 1 N–H and O–H groups in total. The van der Waals surface area contributed by atoms with Crippen LogP contribution in [0.15, 0.2) is 6.20 Å². The van der Waals surface area contributed by atoms with E-state index >= 15 is 0 Å². The van der Waals surface area contributed by atoms with Gasteiger partial charge in [-0.15, -0.1) is 0 Å². The first-order chi connectivity index (χ1) is 15.5. The predicted molar refractivity (Wildman–Crippen MR) is 121 cm³/mol. The highest BCUT2D eigenvalue weighted by molar-refractivity contribution is 5.95. The van der Waals surface area contributed by atoms with Crippen LogP contribution in [0.1, 0.15) is 92.6 Å². The van der Waals surface area contributed by atoms with E-state index in [2.05, 4.69) is 10.2 Å². The van der Waals surface area contributed by atoms with Gasteiger partial charge in [-0.3, -0.25) is 19.5 Å². The van der Waals surface area contributed by atoms with E-state index in [9.17, 15) is 14.4 Å². The SMILES string of the molecule is CN(C(=O)c1cn[nH]c1[C@H]1CCCN(C(=O)CCCN2CCCC2=O)C1)C1CCCCC1. The van der Waals surface area contributed by atoms with E-state index in [4.69, 9.17) is 0 Å². The fourth-order valence-corrected chi connectivity index (χ4v) is 5.56. The molecule has 0 radical (unpaired) electrons. The Bertz CT molecular complexity index is 816. The second kappa shape index (κ2) is 10.5. The molecular weight excluding hydrogens is 406 g/mol. The van der Waals surface area contributed by atoms with Gasteiger partial charge in [0.05, 0.1) is 17.5 Å². The number of hydrogen-bond acceptors (Lipinski definition) is 4. The van der Waals surface area contributed by atoms with E-state index in [-0.39, 0.29) is 23.6 Å². The highest BCUT2D eigenvalue weighted by atomic mass is 16.2. The number of nitrogens with zero attached hydrogens (tertiary/aromatic N) is 4. The lowest BCUT2D eigenvalue weighted by molar-refractivity contribution is -0.133. The number of carbonyl (C=O) groups is 3. The largest absolute Gasteiger partial charge is 0.343 e. The number of likely N-dealkylation sites (tertiary alicyclic amines) is 2. The molecule has 3 heterocycles. The van der Waals surface area contributed by atoms with Gasteiger partial charge in [-0.1, -0.05) is 19.3 Å². The zero-order valence-corrected chi connectivity index (χ0v) is 19.4. The Kier molecular flexibility index (Phi) is 7.48. The van der Waals surface area contributed by atoms with Crippen molar-refractivity contribution < 1.29 is 14.4 Å². The molecule has 2 saturated heterocycles. The van der Waals surface area contributed by atoms with Gasteiger partial charge in [0.2, 0.25) is 11.8 Å². The average Bonchev–Trinajstić information content (AvgIpc) is 3.48. The molecule has 1 aliphatic carbocycles. The topological polar surface area (TPSA) is 89.6 Å². The van der Waals surface area contributed by atoms with Gasteiger partial charge >= 0.3 is 0 Å². The summed E-state index contributed by atoms with van der Waals surface area (Å²) >= 11 is 0. The van der Waals surface area contributed by atoms with Crippen molar-refractivity contribution in [3.05, 3.63) is 17.5 Å². The van der Waals surface area contributed by atoms with E-state index < -0.39 is 0 Å². The van der Waals surface area contributed by atoms with Crippen LogP contribution in [0.25, 0.3) is 0 Å². The Hall–Kier alpha value is -2.38. The molecule has 1 atom stereocenters. The van der Waals surface area contributed by atoms with E-state index in [1.54, 1.807) is 6.20 Å². The van der Waals surface area contributed by atoms with Crippen LogP contribution in [-0.2, 0) is 9.59 Å². The molecule has 1 aromatic rings. The summed E-state index contributed by atoms with van der Waals surface area (Å²) in [6, 6.07) is 0.311.